The van der Waals surface area contributed by atoms with Crippen LogP contribution in [0.2, 0.25) is 0 Å². The van der Waals surface area contributed by atoms with E-state index >= 15 is 0 Å². The van der Waals surface area contributed by atoms with E-state index < -0.39 is 22.4 Å². The lowest BCUT2D eigenvalue weighted by Gasteiger charge is -2.11. The van der Waals surface area contributed by atoms with E-state index in [9.17, 15) is 19.3 Å². The third kappa shape index (κ3) is 3.51. The summed E-state index contributed by atoms with van der Waals surface area (Å²) in [6.07, 6.45) is 1.29. The molecule has 0 spiro atoms. The molecule has 0 amide bonds. The highest BCUT2D eigenvalue weighted by atomic mass is 19.1. The molecule has 0 saturated carbocycles. The molecule has 0 heterocycles. The maximum Gasteiger partial charge on any atom is 0.338 e. The number of hydrogen-bond acceptors (Lipinski definition) is 4. The highest BCUT2D eigenvalue weighted by Gasteiger charge is 2.19. The van der Waals surface area contributed by atoms with Gasteiger partial charge in [-0.15, -0.1) is 0 Å². The fourth-order valence-corrected chi connectivity index (χ4v) is 1.50. The fraction of sp³-hybridized carbons (Fsp3) is 0.417. The van der Waals surface area contributed by atoms with E-state index in [2.05, 4.69) is 0 Å². The van der Waals surface area contributed by atoms with Crippen molar-refractivity contribution in [3.63, 3.8) is 0 Å². The molecule has 1 atom stereocenters. The van der Waals surface area contributed by atoms with Crippen molar-refractivity contribution >= 4 is 11.7 Å². The first kappa shape index (κ1) is 14.1. The van der Waals surface area contributed by atoms with Gasteiger partial charge in [0.25, 0.3) is 0 Å². The number of nitro benzene ring substituents is 1. The molecule has 0 fully saturated rings. The maximum absolute atomic E-state index is 13.1. The van der Waals surface area contributed by atoms with Gasteiger partial charge in [-0.25, -0.2) is 4.79 Å². The predicted molar refractivity (Wildman–Crippen MR) is 62.8 cm³/mol. The second-order valence-corrected chi connectivity index (χ2v) is 3.93. The lowest BCUT2D eigenvalue weighted by molar-refractivity contribution is -0.387. The Morgan fingerprint density at radius 1 is 1.56 bits per heavy atom. The highest BCUT2D eigenvalue weighted by molar-refractivity contribution is 5.90. The first-order chi connectivity index (χ1) is 8.45. The topological polar surface area (TPSA) is 69.4 Å². The van der Waals surface area contributed by atoms with Crippen LogP contribution in [0.4, 0.5) is 10.1 Å². The van der Waals surface area contributed by atoms with Crippen LogP contribution in [0.15, 0.2) is 18.2 Å². The molecule has 1 rings (SSSR count). The van der Waals surface area contributed by atoms with Gasteiger partial charge in [0.15, 0.2) is 0 Å². The summed E-state index contributed by atoms with van der Waals surface area (Å²) in [5.41, 5.74) is -0.751. The summed E-state index contributed by atoms with van der Waals surface area (Å²) in [5.74, 6) is -1.66. The monoisotopic (exact) mass is 255 g/mol. The zero-order valence-electron chi connectivity index (χ0n) is 10.2. The van der Waals surface area contributed by atoms with Crippen LogP contribution in [-0.2, 0) is 4.74 Å². The first-order valence-corrected chi connectivity index (χ1v) is 5.60. The Bertz CT molecular complexity index is 461. The van der Waals surface area contributed by atoms with Crippen molar-refractivity contribution in [1.82, 2.24) is 0 Å². The number of ether oxygens (including phenoxy) is 1. The van der Waals surface area contributed by atoms with Crippen LogP contribution >= 0.6 is 0 Å². The van der Waals surface area contributed by atoms with Crippen molar-refractivity contribution in [3.05, 3.63) is 39.7 Å². The molecule has 1 unspecified atom stereocenters. The molecule has 0 aromatic heterocycles. The van der Waals surface area contributed by atoms with Crippen LogP contribution in [-0.4, -0.2) is 17.0 Å². The summed E-state index contributed by atoms with van der Waals surface area (Å²) in [7, 11) is 0. The molecule has 1 aromatic rings. The summed E-state index contributed by atoms with van der Waals surface area (Å²) in [4.78, 5) is 21.3. The van der Waals surface area contributed by atoms with E-state index in [1.807, 2.05) is 6.92 Å². The van der Waals surface area contributed by atoms with E-state index in [0.29, 0.717) is 6.42 Å². The van der Waals surface area contributed by atoms with E-state index in [1.54, 1.807) is 6.92 Å². The lowest BCUT2D eigenvalue weighted by atomic mass is 10.2. The standard InChI is InChI=1S/C12H14FNO4/c1-3-4-8(2)18-12(15)9-5-6-10(13)11(7-9)14(16)17/h5-8H,3-4H2,1-2H3. The molecule has 5 nitrogen and oxygen atoms in total. The minimum Gasteiger partial charge on any atom is -0.459 e. The smallest absolute Gasteiger partial charge is 0.338 e. The number of carbonyl (C=O) groups excluding carboxylic acids is 1. The summed E-state index contributed by atoms with van der Waals surface area (Å²) < 4.78 is 18.1. The largest absolute Gasteiger partial charge is 0.459 e. The van der Waals surface area contributed by atoms with Gasteiger partial charge in [-0.2, -0.15) is 4.39 Å². The molecular weight excluding hydrogens is 241 g/mol. The quantitative estimate of drug-likeness (QED) is 0.460. The van der Waals surface area contributed by atoms with Gasteiger partial charge in [-0.05, 0) is 25.5 Å². The van der Waals surface area contributed by atoms with Crippen LogP contribution in [0.5, 0.6) is 0 Å². The average Bonchev–Trinajstić information content (AvgIpc) is 2.29. The SMILES string of the molecule is CCCC(C)OC(=O)c1ccc(F)c([N+](=O)[O-])c1. The fourth-order valence-electron chi connectivity index (χ4n) is 1.50. The molecule has 1 aromatic carbocycles. The van der Waals surface area contributed by atoms with Gasteiger partial charge in [0.2, 0.25) is 5.82 Å². The Morgan fingerprint density at radius 3 is 2.78 bits per heavy atom. The Kier molecular flexibility index (Phi) is 4.76. The van der Waals surface area contributed by atoms with Crippen LogP contribution in [0, 0.1) is 15.9 Å². The Hall–Kier alpha value is -1.98. The van der Waals surface area contributed by atoms with Crippen molar-refractivity contribution in [2.75, 3.05) is 0 Å². The van der Waals surface area contributed by atoms with Crippen molar-refractivity contribution in [1.29, 1.82) is 0 Å². The first-order valence-electron chi connectivity index (χ1n) is 5.60. The molecule has 0 N–H and O–H groups in total. The van der Waals surface area contributed by atoms with Crippen LogP contribution in [0.25, 0.3) is 0 Å². The molecule has 0 radical (unpaired) electrons. The second kappa shape index (κ2) is 6.09. The predicted octanol–water partition coefficient (Wildman–Crippen LogP) is 3.08. The summed E-state index contributed by atoms with van der Waals surface area (Å²) in [6.45, 7) is 3.69. The summed E-state index contributed by atoms with van der Waals surface area (Å²) in [5, 5.41) is 10.5. The molecule has 0 aliphatic carbocycles. The number of nitro groups is 1. The van der Waals surface area contributed by atoms with Crippen LogP contribution in [0.1, 0.15) is 37.0 Å². The van der Waals surface area contributed by atoms with Crippen LogP contribution < -0.4 is 0 Å². The number of benzene rings is 1. The molecule has 0 saturated heterocycles. The molecule has 98 valence electrons. The van der Waals surface area contributed by atoms with Crippen molar-refractivity contribution in [2.45, 2.75) is 32.8 Å². The molecule has 0 aliphatic rings. The third-order valence-corrected chi connectivity index (χ3v) is 2.38. The minimum atomic E-state index is -0.974. The highest BCUT2D eigenvalue weighted by Crippen LogP contribution is 2.19. The van der Waals surface area contributed by atoms with Gasteiger partial charge in [0, 0.05) is 6.07 Å². The van der Waals surface area contributed by atoms with Crippen molar-refractivity contribution in [3.8, 4) is 0 Å². The van der Waals surface area contributed by atoms with Crippen molar-refractivity contribution < 1.29 is 18.8 Å². The Balaban J connectivity index is 2.87. The zero-order chi connectivity index (χ0) is 13.7. The summed E-state index contributed by atoms with van der Waals surface area (Å²) >= 11 is 0. The molecular formula is C12H14FNO4. The van der Waals surface area contributed by atoms with Gasteiger partial charge < -0.3 is 4.74 Å². The van der Waals surface area contributed by atoms with E-state index in [1.165, 1.54) is 6.07 Å². The maximum atomic E-state index is 13.1. The van der Waals surface area contributed by atoms with Gasteiger partial charge in [-0.1, -0.05) is 13.3 Å². The van der Waals surface area contributed by atoms with Gasteiger partial charge >= 0.3 is 11.7 Å². The molecule has 0 aliphatic heterocycles. The number of rotatable bonds is 5. The van der Waals surface area contributed by atoms with E-state index in [-0.39, 0.29) is 11.7 Å². The number of nitrogens with zero attached hydrogens (tertiary/aromatic N) is 1. The second-order valence-electron chi connectivity index (χ2n) is 3.93. The number of hydrogen-bond donors (Lipinski definition) is 0. The van der Waals surface area contributed by atoms with Gasteiger partial charge in [0.1, 0.15) is 0 Å². The zero-order valence-corrected chi connectivity index (χ0v) is 10.2. The van der Waals surface area contributed by atoms with Gasteiger partial charge in [0.05, 0.1) is 16.6 Å². The Morgan fingerprint density at radius 2 is 2.22 bits per heavy atom. The van der Waals surface area contributed by atoms with E-state index in [4.69, 9.17) is 4.74 Å². The Labute approximate surface area is 104 Å². The number of halogens is 1. The number of esters is 1. The summed E-state index contributed by atoms with van der Waals surface area (Å²) in [6, 6.07) is 2.94. The minimum absolute atomic E-state index is 0.0222. The van der Waals surface area contributed by atoms with E-state index in [0.717, 1.165) is 18.6 Å². The van der Waals surface area contributed by atoms with Crippen molar-refractivity contribution in [2.24, 2.45) is 0 Å². The average molecular weight is 255 g/mol. The molecule has 6 heteroatoms. The molecule has 0 bridgehead atoms. The van der Waals surface area contributed by atoms with Crippen LogP contribution in [0.3, 0.4) is 0 Å². The lowest BCUT2D eigenvalue weighted by Crippen LogP contribution is -2.15. The van der Waals surface area contributed by atoms with Gasteiger partial charge in [-0.3, -0.25) is 10.1 Å². The third-order valence-electron chi connectivity index (χ3n) is 2.38. The molecule has 18 heavy (non-hydrogen) atoms. The normalized spacial score (nSPS) is 11.9. The number of carbonyl (C=O) groups is 1.